The minimum Gasteiger partial charge on any atom is -0.396 e. The monoisotopic (exact) mass is 699 g/mol. The summed E-state index contributed by atoms with van der Waals surface area (Å²) in [6.45, 7) is -0.287. The first-order chi connectivity index (χ1) is 23.3. The van der Waals surface area contributed by atoms with E-state index in [4.69, 9.17) is 9.47 Å². The van der Waals surface area contributed by atoms with Crippen LogP contribution >= 0.6 is 0 Å². The zero-order valence-corrected chi connectivity index (χ0v) is 27.6. The first-order valence-electron chi connectivity index (χ1n) is 16.2. The molecule has 0 saturated carbocycles. The van der Waals surface area contributed by atoms with Crippen LogP contribution in [0.1, 0.15) is 41.5 Å². The van der Waals surface area contributed by atoms with Gasteiger partial charge in [0, 0.05) is 36.2 Å². The SMILES string of the molecule is CS(=O)(=O)N1CCC2(CC1)c1cc(C#C[C@H]3O[C@H](CO)[C@@H](O)[C@H](O)[C@@H]3O)ccc1-c1ccc(C#C[C@H]3O[C@H](CCO)[C@@H](O)[C@H](O)[C@@H]3O)cc12. The molecule has 1 aliphatic carbocycles. The lowest BCUT2D eigenvalue weighted by Gasteiger charge is -2.40. The number of aliphatic hydroxyl groups excluding tert-OH is 8. The van der Waals surface area contributed by atoms with Crippen molar-refractivity contribution in [3.63, 3.8) is 0 Å². The van der Waals surface area contributed by atoms with Crippen molar-refractivity contribution in [2.45, 2.75) is 85.7 Å². The molecule has 1 spiro atoms. The standard InChI is InChI=1S/C35H41NO12S/c1-49(45,46)36-13-11-35(12-14-36)23-16-19(4-8-25-29(39)33(43)31(41)27(47-25)10-15-37)2-6-21(23)22-7-3-20(17-24(22)35)5-9-26-30(40)34(44)32(42)28(18-38)48-26/h2-3,6-7,16-17,25-34,37-44H,10-15,18H2,1H3/t25-,26-,27-,28-,29-,30-,31-,32-,33-,34-/m1/s1. The average molecular weight is 700 g/mol. The predicted molar refractivity (Wildman–Crippen MR) is 174 cm³/mol. The van der Waals surface area contributed by atoms with E-state index in [-0.39, 0.29) is 26.1 Å². The Hall–Kier alpha value is -2.93. The van der Waals surface area contributed by atoms with E-state index in [2.05, 4.69) is 23.7 Å². The summed E-state index contributed by atoms with van der Waals surface area (Å²) in [5.41, 5.74) is 4.34. The molecule has 3 fully saturated rings. The van der Waals surface area contributed by atoms with Gasteiger partial charge in [-0.05, 0) is 65.8 Å². The van der Waals surface area contributed by atoms with Crippen LogP contribution in [0.2, 0.25) is 0 Å². The Balaban J connectivity index is 1.34. The molecule has 0 amide bonds. The van der Waals surface area contributed by atoms with Crippen molar-refractivity contribution in [3.8, 4) is 34.8 Å². The molecule has 2 aromatic rings. The Bertz CT molecular complexity index is 1780. The minimum atomic E-state index is -3.42. The molecule has 6 rings (SSSR count). The third kappa shape index (κ3) is 6.66. The van der Waals surface area contributed by atoms with Gasteiger partial charge >= 0.3 is 0 Å². The highest BCUT2D eigenvalue weighted by molar-refractivity contribution is 7.88. The van der Waals surface area contributed by atoms with Crippen LogP contribution in [0, 0.1) is 23.7 Å². The normalized spacial score (nSPS) is 33.9. The number of rotatable bonds is 4. The average Bonchev–Trinajstić information content (AvgIpc) is 3.34. The number of hydrogen-bond acceptors (Lipinski definition) is 12. The largest absolute Gasteiger partial charge is 0.396 e. The molecule has 10 atom stereocenters. The quantitative estimate of drug-likeness (QED) is 0.159. The fourth-order valence-electron chi connectivity index (χ4n) is 7.35. The van der Waals surface area contributed by atoms with Crippen molar-refractivity contribution < 1.29 is 58.7 Å². The number of ether oxygens (including phenoxy) is 2. The molecule has 4 aliphatic rings. The van der Waals surface area contributed by atoms with Crippen LogP contribution < -0.4 is 0 Å². The van der Waals surface area contributed by atoms with Crippen molar-refractivity contribution >= 4 is 10.0 Å². The molecule has 3 heterocycles. The number of aliphatic hydroxyl groups is 8. The van der Waals surface area contributed by atoms with Crippen LogP contribution in [-0.2, 0) is 24.9 Å². The van der Waals surface area contributed by atoms with Crippen molar-refractivity contribution in [3.05, 3.63) is 58.7 Å². The third-order valence-electron chi connectivity index (χ3n) is 10.1. The van der Waals surface area contributed by atoms with E-state index >= 15 is 0 Å². The second-order valence-corrected chi connectivity index (χ2v) is 15.1. The van der Waals surface area contributed by atoms with Gasteiger partial charge in [-0.2, -0.15) is 0 Å². The summed E-state index contributed by atoms with van der Waals surface area (Å²) < 4.78 is 37.6. The molecule has 14 heteroatoms. The van der Waals surface area contributed by atoms with Crippen LogP contribution in [0.4, 0.5) is 0 Å². The Labute approximate surface area is 284 Å². The number of hydrogen-bond donors (Lipinski definition) is 8. The van der Waals surface area contributed by atoms with Gasteiger partial charge in [0.2, 0.25) is 10.0 Å². The smallest absolute Gasteiger partial charge is 0.211 e. The summed E-state index contributed by atoms with van der Waals surface area (Å²) in [4.78, 5) is 0. The minimum absolute atomic E-state index is 0.0577. The van der Waals surface area contributed by atoms with Gasteiger partial charge < -0.3 is 50.3 Å². The maximum atomic E-state index is 12.4. The van der Waals surface area contributed by atoms with E-state index in [1.807, 2.05) is 36.4 Å². The molecule has 2 aromatic carbocycles. The van der Waals surface area contributed by atoms with Crippen LogP contribution in [0.5, 0.6) is 0 Å². The summed E-state index contributed by atoms with van der Waals surface area (Å²) in [5.74, 6) is 11.7. The summed E-state index contributed by atoms with van der Waals surface area (Å²) in [7, 11) is -3.42. The van der Waals surface area contributed by atoms with E-state index in [1.165, 1.54) is 10.6 Å². The molecule has 0 aromatic heterocycles. The number of sulfonamides is 1. The van der Waals surface area contributed by atoms with Crippen LogP contribution in [0.15, 0.2) is 36.4 Å². The van der Waals surface area contributed by atoms with Crippen LogP contribution in [0.25, 0.3) is 11.1 Å². The lowest BCUT2D eigenvalue weighted by Crippen LogP contribution is -2.58. The first-order valence-corrected chi connectivity index (χ1v) is 18.0. The second kappa shape index (κ2) is 14.0. The zero-order chi connectivity index (χ0) is 35.2. The van der Waals surface area contributed by atoms with Gasteiger partial charge in [-0.25, -0.2) is 12.7 Å². The maximum Gasteiger partial charge on any atom is 0.211 e. The van der Waals surface area contributed by atoms with Gasteiger partial charge in [0.1, 0.15) is 54.9 Å². The van der Waals surface area contributed by atoms with E-state index in [0.717, 1.165) is 22.3 Å². The predicted octanol–water partition coefficient (Wildman–Crippen LogP) is -2.21. The highest BCUT2D eigenvalue weighted by atomic mass is 32.2. The Morgan fingerprint density at radius 2 is 1.20 bits per heavy atom. The second-order valence-electron chi connectivity index (χ2n) is 13.1. The summed E-state index contributed by atoms with van der Waals surface area (Å²) >= 11 is 0. The Morgan fingerprint density at radius 3 is 1.65 bits per heavy atom. The summed E-state index contributed by atoms with van der Waals surface area (Å²) in [5, 5.41) is 80.7. The fraction of sp³-hybridized carbons (Fsp3) is 0.543. The van der Waals surface area contributed by atoms with E-state index in [9.17, 15) is 49.3 Å². The molecule has 0 unspecified atom stereocenters. The topological polar surface area (TPSA) is 218 Å². The molecule has 49 heavy (non-hydrogen) atoms. The molecule has 13 nitrogen and oxygen atoms in total. The third-order valence-corrected chi connectivity index (χ3v) is 11.4. The van der Waals surface area contributed by atoms with Gasteiger partial charge in [-0.1, -0.05) is 35.8 Å². The lowest BCUT2D eigenvalue weighted by atomic mass is 9.71. The fourth-order valence-corrected chi connectivity index (χ4v) is 8.20. The lowest BCUT2D eigenvalue weighted by molar-refractivity contribution is -0.214. The Morgan fingerprint density at radius 1 is 0.735 bits per heavy atom. The molecular formula is C35H41NO12S. The first kappa shape index (κ1) is 35.9. The van der Waals surface area contributed by atoms with Gasteiger partial charge in [0.25, 0.3) is 0 Å². The van der Waals surface area contributed by atoms with Gasteiger partial charge in [0.15, 0.2) is 0 Å². The summed E-state index contributed by atoms with van der Waals surface area (Å²) in [6.07, 6.45) is -11.0. The van der Waals surface area contributed by atoms with Crippen molar-refractivity contribution in [1.29, 1.82) is 0 Å². The number of piperidine rings is 1. The maximum absolute atomic E-state index is 12.4. The molecule has 3 saturated heterocycles. The van der Waals surface area contributed by atoms with E-state index in [0.29, 0.717) is 24.0 Å². The number of fused-ring (bicyclic) bond motifs is 5. The van der Waals surface area contributed by atoms with E-state index < -0.39 is 83.1 Å². The molecule has 0 bridgehead atoms. The van der Waals surface area contributed by atoms with Gasteiger partial charge in [0.05, 0.1) is 19.0 Å². The van der Waals surface area contributed by atoms with Crippen molar-refractivity contribution in [2.24, 2.45) is 0 Å². The van der Waals surface area contributed by atoms with E-state index in [1.54, 1.807) is 0 Å². The van der Waals surface area contributed by atoms with Gasteiger partial charge in [-0.15, -0.1) is 0 Å². The summed E-state index contributed by atoms with van der Waals surface area (Å²) in [6, 6.07) is 11.3. The molecule has 0 radical (unpaired) electrons. The number of nitrogens with zero attached hydrogens (tertiary/aromatic N) is 1. The highest BCUT2D eigenvalue weighted by Crippen LogP contribution is 2.54. The van der Waals surface area contributed by atoms with Crippen LogP contribution in [0.3, 0.4) is 0 Å². The molecular weight excluding hydrogens is 658 g/mol. The molecule has 8 N–H and O–H groups in total. The van der Waals surface area contributed by atoms with Gasteiger partial charge in [-0.3, -0.25) is 0 Å². The Kier molecular flexibility index (Phi) is 10.3. The highest BCUT2D eigenvalue weighted by Gasteiger charge is 2.47. The van der Waals surface area contributed by atoms with Crippen molar-refractivity contribution in [2.75, 3.05) is 32.6 Å². The molecule has 264 valence electrons. The molecule has 3 aliphatic heterocycles. The number of benzene rings is 2. The van der Waals surface area contributed by atoms with Crippen LogP contribution in [-0.4, -0.2) is 147 Å². The van der Waals surface area contributed by atoms with Crippen molar-refractivity contribution in [1.82, 2.24) is 4.31 Å². The zero-order valence-electron chi connectivity index (χ0n) is 26.8.